The van der Waals surface area contributed by atoms with Crippen LogP contribution in [-0.4, -0.2) is 21.3 Å². The Hall–Kier alpha value is -1.42. The molecular formula is C16H17Cl2NO2. The fourth-order valence-electron chi connectivity index (χ4n) is 2.36. The molecule has 2 aromatic rings. The van der Waals surface area contributed by atoms with Gasteiger partial charge in [-0.25, -0.2) is 0 Å². The molecule has 0 aliphatic carbocycles. The molecule has 0 bridgehead atoms. The Bertz CT molecular complexity index is 609. The lowest BCUT2D eigenvalue weighted by molar-refractivity contribution is 0.379. The summed E-state index contributed by atoms with van der Waals surface area (Å²) < 4.78 is 10.9. The molecule has 0 aliphatic rings. The van der Waals surface area contributed by atoms with Crippen molar-refractivity contribution < 1.29 is 9.47 Å². The molecule has 0 aromatic heterocycles. The van der Waals surface area contributed by atoms with Gasteiger partial charge in [0.2, 0.25) is 0 Å². The number of ether oxygens (including phenoxy) is 2. The van der Waals surface area contributed by atoms with Crippen LogP contribution in [0.4, 0.5) is 0 Å². The zero-order valence-electron chi connectivity index (χ0n) is 12.1. The average Bonchev–Trinajstić information content (AvgIpc) is 2.49. The minimum atomic E-state index is -0.166. The van der Waals surface area contributed by atoms with Crippen LogP contribution in [0, 0.1) is 0 Å². The van der Waals surface area contributed by atoms with E-state index in [-0.39, 0.29) is 6.04 Å². The van der Waals surface area contributed by atoms with Gasteiger partial charge in [0.1, 0.15) is 11.5 Å². The lowest BCUT2D eigenvalue weighted by Crippen LogP contribution is -2.19. The lowest BCUT2D eigenvalue weighted by atomic mass is 9.97. The summed E-state index contributed by atoms with van der Waals surface area (Å²) in [6.07, 6.45) is 0. The van der Waals surface area contributed by atoms with Crippen molar-refractivity contribution in [1.82, 2.24) is 5.32 Å². The summed E-state index contributed by atoms with van der Waals surface area (Å²) in [6, 6.07) is 11.0. The predicted octanol–water partition coefficient (Wildman–Crippen LogP) is 4.32. The highest BCUT2D eigenvalue weighted by atomic mass is 35.5. The first kappa shape index (κ1) is 16.0. The summed E-state index contributed by atoms with van der Waals surface area (Å²) in [5, 5.41) is 4.45. The Morgan fingerprint density at radius 3 is 2.10 bits per heavy atom. The van der Waals surface area contributed by atoms with E-state index in [9.17, 15) is 0 Å². The predicted molar refractivity (Wildman–Crippen MR) is 86.9 cm³/mol. The Balaban J connectivity index is 2.61. The molecule has 21 heavy (non-hydrogen) atoms. The van der Waals surface area contributed by atoms with Crippen LogP contribution in [-0.2, 0) is 0 Å². The number of methoxy groups -OCH3 is 2. The molecule has 3 nitrogen and oxygen atoms in total. The SMILES string of the molecule is CNC(c1ccc(Cl)cc1Cl)c1c(OC)cccc1OC. The summed E-state index contributed by atoms with van der Waals surface area (Å²) in [6.45, 7) is 0. The molecule has 112 valence electrons. The molecule has 0 saturated heterocycles. The standard InChI is InChI=1S/C16H17Cl2NO2/c1-19-16(11-8-7-10(17)9-12(11)18)15-13(20-2)5-4-6-14(15)21-3/h4-9,16,19H,1-3H3. The van der Waals surface area contributed by atoms with Crippen LogP contribution in [0.3, 0.4) is 0 Å². The van der Waals surface area contributed by atoms with Crippen molar-refractivity contribution in [2.75, 3.05) is 21.3 Å². The maximum Gasteiger partial charge on any atom is 0.127 e. The molecule has 0 saturated carbocycles. The second-order valence-corrected chi connectivity index (χ2v) is 5.31. The summed E-state index contributed by atoms with van der Waals surface area (Å²) >= 11 is 12.3. The number of halogens is 2. The largest absolute Gasteiger partial charge is 0.496 e. The molecule has 0 amide bonds. The second kappa shape index (κ2) is 7.03. The summed E-state index contributed by atoms with van der Waals surface area (Å²) in [5.74, 6) is 1.47. The molecular weight excluding hydrogens is 309 g/mol. The number of benzene rings is 2. The van der Waals surface area contributed by atoms with Crippen LogP contribution < -0.4 is 14.8 Å². The van der Waals surface area contributed by atoms with Gasteiger partial charge in [-0.15, -0.1) is 0 Å². The molecule has 0 fully saturated rings. The zero-order valence-corrected chi connectivity index (χ0v) is 13.6. The fraction of sp³-hybridized carbons (Fsp3) is 0.250. The Morgan fingerprint density at radius 2 is 1.62 bits per heavy atom. The number of nitrogens with one attached hydrogen (secondary N) is 1. The van der Waals surface area contributed by atoms with Gasteiger partial charge in [-0.05, 0) is 36.9 Å². The first-order valence-electron chi connectivity index (χ1n) is 6.45. The number of hydrogen-bond donors (Lipinski definition) is 1. The second-order valence-electron chi connectivity index (χ2n) is 4.46. The average molecular weight is 326 g/mol. The minimum Gasteiger partial charge on any atom is -0.496 e. The highest BCUT2D eigenvalue weighted by Crippen LogP contribution is 2.39. The third-order valence-corrected chi connectivity index (χ3v) is 3.88. The first-order valence-corrected chi connectivity index (χ1v) is 7.21. The van der Waals surface area contributed by atoms with E-state index >= 15 is 0 Å². The van der Waals surface area contributed by atoms with Gasteiger partial charge in [-0.3, -0.25) is 0 Å². The molecule has 0 radical (unpaired) electrons. The van der Waals surface area contributed by atoms with E-state index in [0.717, 1.165) is 22.6 Å². The van der Waals surface area contributed by atoms with Gasteiger partial charge in [0, 0.05) is 10.0 Å². The topological polar surface area (TPSA) is 30.5 Å². The highest BCUT2D eigenvalue weighted by Gasteiger charge is 2.23. The Labute approximate surface area is 134 Å². The zero-order chi connectivity index (χ0) is 15.4. The third-order valence-electron chi connectivity index (χ3n) is 3.32. The van der Waals surface area contributed by atoms with Gasteiger partial charge >= 0.3 is 0 Å². The van der Waals surface area contributed by atoms with Crippen LogP contribution in [0.2, 0.25) is 10.0 Å². The first-order chi connectivity index (χ1) is 10.1. The van der Waals surface area contributed by atoms with Gasteiger partial charge in [-0.1, -0.05) is 35.3 Å². The van der Waals surface area contributed by atoms with Gasteiger partial charge in [-0.2, -0.15) is 0 Å². The summed E-state index contributed by atoms with van der Waals surface area (Å²) in [7, 11) is 5.13. The van der Waals surface area contributed by atoms with Gasteiger partial charge in [0.25, 0.3) is 0 Å². The van der Waals surface area contributed by atoms with E-state index in [2.05, 4.69) is 5.32 Å². The molecule has 5 heteroatoms. The molecule has 0 aliphatic heterocycles. The minimum absolute atomic E-state index is 0.166. The van der Waals surface area contributed by atoms with Gasteiger partial charge in [0.15, 0.2) is 0 Å². The van der Waals surface area contributed by atoms with Crippen molar-refractivity contribution in [2.24, 2.45) is 0 Å². The Morgan fingerprint density at radius 1 is 1.00 bits per heavy atom. The van der Waals surface area contributed by atoms with Crippen molar-refractivity contribution in [1.29, 1.82) is 0 Å². The molecule has 2 rings (SSSR count). The fourth-order valence-corrected chi connectivity index (χ4v) is 2.87. The van der Waals surface area contributed by atoms with Crippen LogP contribution in [0.25, 0.3) is 0 Å². The van der Waals surface area contributed by atoms with Crippen LogP contribution in [0.1, 0.15) is 17.2 Å². The maximum atomic E-state index is 6.34. The number of rotatable bonds is 5. The normalized spacial score (nSPS) is 12.0. The summed E-state index contributed by atoms with van der Waals surface area (Å²) in [4.78, 5) is 0. The third kappa shape index (κ3) is 3.26. The molecule has 2 aromatic carbocycles. The highest BCUT2D eigenvalue weighted by molar-refractivity contribution is 6.35. The van der Waals surface area contributed by atoms with E-state index in [1.807, 2.05) is 37.4 Å². The lowest BCUT2D eigenvalue weighted by Gasteiger charge is -2.23. The van der Waals surface area contributed by atoms with Gasteiger partial charge < -0.3 is 14.8 Å². The maximum absolute atomic E-state index is 6.34. The van der Waals surface area contributed by atoms with E-state index < -0.39 is 0 Å². The molecule has 0 heterocycles. The quantitative estimate of drug-likeness (QED) is 0.888. The van der Waals surface area contributed by atoms with E-state index in [1.165, 1.54) is 0 Å². The van der Waals surface area contributed by atoms with Crippen LogP contribution >= 0.6 is 23.2 Å². The molecule has 1 atom stereocenters. The molecule has 0 spiro atoms. The van der Waals surface area contributed by atoms with E-state index in [4.69, 9.17) is 32.7 Å². The Kier molecular flexibility index (Phi) is 5.34. The van der Waals surface area contributed by atoms with Crippen molar-refractivity contribution in [3.05, 3.63) is 57.6 Å². The number of hydrogen-bond acceptors (Lipinski definition) is 3. The molecule has 1 N–H and O–H groups in total. The van der Waals surface area contributed by atoms with Crippen molar-refractivity contribution >= 4 is 23.2 Å². The van der Waals surface area contributed by atoms with Crippen molar-refractivity contribution in [2.45, 2.75) is 6.04 Å². The van der Waals surface area contributed by atoms with E-state index in [0.29, 0.717) is 10.0 Å². The summed E-state index contributed by atoms with van der Waals surface area (Å²) in [5.41, 5.74) is 1.81. The molecule has 1 unspecified atom stereocenters. The van der Waals surface area contributed by atoms with Gasteiger partial charge in [0.05, 0.1) is 25.8 Å². The monoisotopic (exact) mass is 325 g/mol. The van der Waals surface area contributed by atoms with E-state index in [1.54, 1.807) is 20.3 Å². The van der Waals surface area contributed by atoms with Crippen molar-refractivity contribution in [3.63, 3.8) is 0 Å². The van der Waals surface area contributed by atoms with Crippen LogP contribution in [0.5, 0.6) is 11.5 Å². The smallest absolute Gasteiger partial charge is 0.127 e. The van der Waals surface area contributed by atoms with Crippen molar-refractivity contribution in [3.8, 4) is 11.5 Å². The van der Waals surface area contributed by atoms with Crippen LogP contribution in [0.15, 0.2) is 36.4 Å².